The van der Waals surface area contributed by atoms with Gasteiger partial charge < -0.3 is 30.0 Å². The van der Waals surface area contributed by atoms with Gasteiger partial charge in [0.25, 0.3) is 0 Å². The number of aliphatic hydroxyl groups is 1. The molecular weight excluding hydrogens is 756 g/mol. The Hall–Kier alpha value is 0.668. The second-order valence-electron chi connectivity index (χ2n) is 10.6. The van der Waals surface area contributed by atoms with Crippen LogP contribution in [0.3, 0.4) is 0 Å². The fraction of sp³-hybridized carbons (Fsp3) is 0.225. The summed E-state index contributed by atoms with van der Waals surface area (Å²) < 4.78 is 17.9. The molecule has 2 amide bonds. The third-order valence-corrected chi connectivity index (χ3v) is 6.58. The second-order valence-corrected chi connectivity index (χ2v) is 10.6. The van der Waals surface area contributed by atoms with Crippen LogP contribution in [-0.4, -0.2) is 69.5 Å². The standard InChI is InChI=1S/C25H31N2O5.3C5H5.3Fe/c28-14-13-26-24(29)27-25(18-30-15-21-7-1-2-8-21,19-31-16-22-9-3-4-10-22)20-32-17-23-11-5-6-12-23;3*1-2-4-5-3-1;;;/h1-12,28H,13-20H2,(H2,26,27,29);3*1-5H;;;/q;;;;3*+2. The molecule has 6 aliphatic carbocycles. The summed E-state index contributed by atoms with van der Waals surface area (Å²) in [4.78, 5) is 12.5. The average Bonchev–Trinajstić information content (AvgIpc) is 3.95. The summed E-state index contributed by atoms with van der Waals surface area (Å²) in [6.45, 7) is 1.86. The van der Waals surface area contributed by atoms with Crippen LogP contribution in [0.4, 0.5) is 4.79 Å². The van der Waals surface area contributed by atoms with Gasteiger partial charge in [-0.25, -0.2) is 4.79 Å². The van der Waals surface area contributed by atoms with E-state index in [0.29, 0.717) is 19.8 Å². The number of hydrogen-bond acceptors (Lipinski definition) is 5. The van der Waals surface area contributed by atoms with Crippen LogP contribution >= 0.6 is 0 Å². The number of amides is 2. The molecule has 0 unspecified atom stereocenters. The van der Waals surface area contributed by atoms with Crippen molar-refractivity contribution >= 4 is 6.03 Å². The van der Waals surface area contributed by atoms with Gasteiger partial charge in [0, 0.05) is 24.3 Å². The zero-order valence-corrected chi connectivity index (χ0v) is 31.2. The van der Waals surface area contributed by atoms with E-state index >= 15 is 0 Å². The van der Waals surface area contributed by atoms with Gasteiger partial charge in [-0.05, 0) is 173 Å². The van der Waals surface area contributed by atoms with Gasteiger partial charge in [0.2, 0.25) is 0 Å². The first-order chi connectivity index (χ1) is 23.2. The smallest absolute Gasteiger partial charge is 0.395 e. The normalized spacial score (nSPS) is 20.6. The van der Waals surface area contributed by atoms with E-state index in [1.807, 2.05) is 173 Å². The van der Waals surface area contributed by atoms with Gasteiger partial charge in [-0.15, -0.1) is 0 Å². The van der Waals surface area contributed by atoms with Crippen molar-refractivity contribution in [2.24, 2.45) is 0 Å². The number of aliphatic hydroxyl groups excluding tert-OH is 1. The largest absolute Gasteiger partial charge is 2.00 e. The molecule has 6 rings (SSSR count). The van der Waals surface area contributed by atoms with Gasteiger partial charge >= 0.3 is 57.2 Å². The van der Waals surface area contributed by atoms with Crippen LogP contribution in [-0.2, 0) is 65.4 Å². The van der Waals surface area contributed by atoms with E-state index in [1.54, 1.807) is 0 Å². The maximum atomic E-state index is 12.5. The third kappa shape index (κ3) is 24.9. The van der Waals surface area contributed by atoms with Gasteiger partial charge in [-0.1, -0.05) is 0 Å². The molecule has 10 heteroatoms. The van der Waals surface area contributed by atoms with Crippen molar-refractivity contribution in [1.29, 1.82) is 0 Å². The Labute approximate surface area is 339 Å². The molecule has 0 spiro atoms. The average molecular weight is 802 g/mol. The molecule has 0 heterocycles. The molecular formula is C40H46Fe3N2O5+6. The van der Waals surface area contributed by atoms with Crippen molar-refractivity contribution in [1.82, 2.24) is 10.6 Å². The Kier molecular flexibility index (Phi) is 34.6. The number of rotatable bonds is 15. The minimum Gasteiger partial charge on any atom is -0.395 e. The van der Waals surface area contributed by atoms with Gasteiger partial charge in [-0.3, -0.25) is 0 Å². The molecule has 3 N–H and O–H groups in total. The summed E-state index contributed by atoms with van der Waals surface area (Å²) in [5, 5.41) is 14.6. The van der Waals surface area contributed by atoms with E-state index in [0.717, 1.165) is 17.8 Å². The van der Waals surface area contributed by atoms with E-state index in [9.17, 15) is 4.79 Å². The number of nitrogens with one attached hydrogen (secondary N) is 2. The van der Waals surface area contributed by atoms with E-state index in [2.05, 4.69) is 10.6 Å². The van der Waals surface area contributed by atoms with E-state index in [-0.39, 0.29) is 84.2 Å². The van der Waals surface area contributed by atoms with Gasteiger partial charge in [0.15, 0.2) is 0 Å². The Morgan fingerprint density at radius 3 is 0.980 bits per heavy atom. The van der Waals surface area contributed by atoms with Crippen molar-refractivity contribution in [3.05, 3.63) is 191 Å². The third-order valence-electron chi connectivity index (χ3n) is 6.58. The molecule has 30 radical (unpaired) electrons. The Balaban J connectivity index is 0.00000109. The molecule has 0 aromatic carbocycles. The fourth-order valence-corrected chi connectivity index (χ4v) is 4.27. The molecule has 0 atom stereocenters. The molecule has 0 bridgehead atoms. The molecule has 6 saturated carbocycles. The SMILES string of the molecule is O=C(NCCO)NC(COC[C]1[CH][CH][CH][CH]1)(COC[C]1[CH][CH][CH][CH]1)COC[C]1[CH][CH][CH][CH]1.[CH]1[CH][CH][CH][CH]1.[CH]1[CH][CH][CH][CH]1.[CH]1[CH][CH][CH][CH]1.[Fe+2].[Fe+2].[Fe+2]. The molecule has 0 aromatic rings. The van der Waals surface area contributed by atoms with Crippen LogP contribution in [0, 0.1) is 191 Å². The summed E-state index contributed by atoms with van der Waals surface area (Å²) in [6.07, 6.45) is 53.7. The second kappa shape index (κ2) is 34.2. The predicted molar refractivity (Wildman–Crippen MR) is 185 cm³/mol. The molecule has 0 aliphatic heterocycles. The van der Waals surface area contributed by atoms with Crippen LogP contribution in [0.5, 0.6) is 0 Å². The zero-order chi connectivity index (χ0) is 33.1. The van der Waals surface area contributed by atoms with Crippen molar-refractivity contribution in [3.63, 3.8) is 0 Å². The first kappa shape index (κ1) is 50.7. The first-order valence-corrected chi connectivity index (χ1v) is 15.7. The van der Waals surface area contributed by atoms with Crippen LogP contribution in [0.15, 0.2) is 0 Å². The summed E-state index contributed by atoms with van der Waals surface area (Å²) in [5.74, 6) is 3.16. The van der Waals surface area contributed by atoms with Gasteiger partial charge in [-0.2, -0.15) is 0 Å². The Bertz CT molecular complexity index is 637. The Morgan fingerprint density at radius 2 is 0.740 bits per heavy atom. The maximum Gasteiger partial charge on any atom is 2.00 e. The summed E-state index contributed by atoms with van der Waals surface area (Å²) in [5.41, 5.74) is -0.911. The minimum absolute atomic E-state index is 0. The van der Waals surface area contributed by atoms with Crippen LogP contribution in [0.2, 0.25) is 0 Å². The fourth-order valence-electron chi connectivity index (χ4n) is 4.27. The molecule has 264 valence electrons. The summed E-state index contributed by atoms with van der Waals surface area (Å²) in [6, 6.07) is -0.412. The van der Waals surface area contributed by atoms with Gasteiger partial charge in [0.05, 0.1) is 46.2 Å². The van der Waals surface area contributed by atoms with Crippen LogP contribution in [0.25, 0.3) is 0 Å². The summed E-state index contributed by atoms with van der Waals surface area (Å²) in [7, 11) is 0. The monoisotopic (exact) mass is 802 g/mol. The van der Waals surface area contributed by atoms with E-state index < -0.39 is 11.6 Å². The number of carbonyl (C=O) groups excluding carboxylic acids is 1. The number of carbonyl (C=O) groups is 1. The first-order valence-electron chi connectivity index (χ1n) is 15.7. The van der Waals surface area contributed by atoms with Gasteiger partial charge in [0.1, 0.15) is 5.54 Å². The van der Waals surface area contributed by atoms with Crippen LogP contribution < -0.4 is 10.6 Å². The van der Waals surface area contributed by atoms with Crippen molar-refractivity contribution in [3.8, 4) is 0 Å². The Morgan fingerprint density at radius 1 is 0.480 bits per heavy atom. The summed E-state index contributed by atoms with van der Waals surface area (Å²) >= 11 is 0. The van der Waals surface area contributed by atoms with Crippen molar-refractivity contribution < 1.29 is 75.3 Å². The number of urea groups is 1. The molecule has 6 aliphatic rings. The quantitative estimate of drug-likeness (QED) is 0.215. The maximum absolute atomic E-state index is 12.5. The van der Waals surface area contributed by atoms with Crippen molar-refractivity contribution in [2.75, 3.05) is 52.8 Å². The minimum atomic E-state index is -0.911. The molecule has 0 saturated heterocycles. The van der Waals surface area contributed by atoms with E-state index in [4.69, 9.17) is 19.3 Å². The number of hydrogen-bond donors (Lipinski definition) is 3. The molecule has 0 aromatic heterocycles. The van der Waals surface area contributed by atoms with E-state index in [1.165, 1.54) is 0 Å². The topological polar surface area (TPSA) is 89.1 Å². The van der Waals surface area contributed by atoms with Crippen molar-refractivity contribution in [2.45, 2.75) is 5.54 Å². The molecule has 7 nitrogen and oxygen atoms in total. The zero-order valence-electron chi connectivity index (χ0n) is 27.9. The van der Waals surface area contributed by atoms with Crippen LogP contribution in [0.1, 0.15) is 0 Å². The molecule has 50 heavy (non-hydrogen) atoms. The number of ether oxygens (including phenoxy) is 3. The predicted octanol–water partition coefficient (Wildman–Crippen LogP) is 4.34. The molecule has 6 fully saturated rings.